The van der Waals surface area contributed by atoms with E-state index in [0.717, 1.165) is 0 Å². The molecule has 66 valence electrons. The van der Waals surface area contributed by atoms with Gasteiger partial charge in [0.25, 0.3) is 0 Å². The third-order valence-corrected chi connectivity index (χ3v) is 1.60. The summed E-state index contributed by atoms with van der Waals surface area (Å²) in [6.45, 7) is 5.77. The first-order chi connectivity index (χ1) is 4.98. The van der Waals surface area contributed by atoms with Crippen molar-refractivity contribution in [2.45, 2.75) is 39.2 Å². The zero-order valence-electron chi connectivity index (χ0n) is 7.59. The van der Waals surface area contributed by atoms with Gasteiger partial charge in [0.2, 0.25) is 0 Å². The highest BCUT2D eigenvalue weighted by atomic mass is 16.3. The largest absolute Gasteiger partial charge is 0.396 e. The Hall–Kier alpha value is -0.340. The Morgan fingerprint density at radius 2 is 2.00 bits per heavy atom. The van der Waals surface area contributed by atoms with Crippen molar-refractivity contribution in [3.63, 3.8) is 0 Å². The Morgan fingerprint density at radius 1 is 1.45 bits per heavy atom. The fourth-order valence-corrected chi connectivity index (χ4v) is 0.767. The van der Waals surface area contributed by atoms with Crippen LogP contribution in [0.2, 0.25) is 0 Å². The van der Waals surface area contributed by atoms with Gasteiger partial charge >= 0.3 is 0 Å². The summed E-state index contributed by atoms with van der Waals surface area (Å²) in [5, 5.41) is 18.1. The molecule has 1 atom stereocenters. The van der Waals surface area contributed by atoms with Crippen LogP contribution in [0.15, 0.2) is 11.6 Å². The summed E-state index contributed by atoms with van der Waals surface area (Å²) in [5.74, 6) is 0. The van der Waals surface area contributed by atoms with Gasteiger partial charge in [-0.15, -0.1) is 0 Å². The van der Waals surface area contributed by atoms with Crippen molar-refractivity contribution in [1.82, 2.24) is 0 Å². The van der Waals surface area contributed by atoms with Gasteiger partial charge in [0.1, 0.15) is 0 Å². The van der Waals surface area contributed by atoms with Crippen LogP contribution < -0.4 is 0 Å². The van der Waals surface area contributed by atoms with Gasteiger partial charge < -0.3 is 10.2 Å². The third-order valence-electron chi connectivity index (χ3n) is 1.60. The predicted molar refractivity (Wildman–Crippen MR) is 46.4 cm³/mol. The molecule has 0 heterocycles. The van der Waals surface area contributed by atoms with E-state index in [0.29, 0.717) is 12.8 Å². The molecule has 0 aliphatic rings. The molecule has 0 fully saturated rings. The van der Waals surface area contributed by atoms with Gasteiger partial charge in [0, 0.05) is 6.61 Å². The highest BCUT2D eigenvalue weighted by molar-refractivity contribution is 4.96. The zero-order chi connectivity index (χ0) is 8.91. The number of allylic oxidation sites excluding steroid dienone is 1. The number of aliphatic hydroxyl groups excluding tert-OH is 1. The molecule has 0 radical (unpaired) electrons. The van der Waals surface area contributed by atoms with Crippen molar-refractivity contribution in [3.8, 4) is 0 Å². The van der Waals surface area contributed by atoms with Crippen molar-refractivity contribution in [2.24, 2.45) is 0 Å². The molecule has 0 aromatic rings. The minimum atomic E-state index is -0.744. The molecule has 2 heteroatoms. The molecule has 0 aliphatic carbocycles. The second kappa shape index (κ2) is 4.52. The highest BCUT2D eigenvalue weighted by Gasteiger charge is 2.16. The standard InChI is InChI=1S/C9H18O2/c1-8(2)4-5-9(3,11)6-7-10/h4,10-11H,5-7H2,1-3H3/t9-/m1/s1. The summed E-state index contributed by atoms with van der Waals surface area (Å²) in [6, 6.07) is 0. The average Bonchev–Trinajstić information content (AvgIpc) is 1.84. The van der Waals surface area contributed by atoms with Crippen LogP contribution in [0, 0.1) is 0 Å². The molecule has 0 bridgehead atoms. The van der Waals surface area contributed by atoms with Crippen molar-refractivity contribution in [2.75, 3.05) is 6.61 Å². The molecule has 0 aromatic heterocycles. The molecule has 0 aliphatic heterocycles. The summed E-state index contributed by atoms with van der Waals surface area (Å²) in [5.41, 5.74) is 0.453. The van der Waals surface area contributed by atoms with E-state index in [2.05, 4.69) is 0 Å². The number of hydrogen-bond donors (Lipinski definition) is 2. The molecule has 0 amide bonds. The average molecular weight is 158 g/mol. The Labute approximate surface area is 68.6 Å². The van der Waals surface area contributed by atoms with Gasteiger partial charge in [-0.3, -0.25) is 0 Å². The lowest BCUT2D eigenvalue weighted by Crippen LogP contribution is -2.24. The highest BCUT2D eigenvalue weighted by Crippen LogP contribution is 2.15. The Morgan fingerprint density at radius 3 is 2.36 bits per heavy atom. The first-order valence-electron chi connectivity index (χ1n) is 3.94. The molecule has 11 heavy (non-hydrogen) atoms. The van der Waals surface area contributed by atoms with Gasteiger partial charge in [-0.05, 0) is 33.6 Å². The van der Waals surface area contributed by atoms with Crippen LogP contribution in [0.1, 0.15) is 33.6 Å². The molecular formula is C9H18O2. The number of aliphatic hydroxyl groups is 2. The van der Waals surface area contributed by atoms with E-state index in [1.54, 1.807) is 6.92 Å². The second-order valence-corrected chi connectivity index (χ2v) is 3.46. The monoisotopic (exact) mass is 158 g/mol. The van der Waals surface area contributed by atoms with E-state index < -0.39 is 5.60 Å². The number of hydrogen-bond acceptors (Lipinski definition) is 2. The van der Waals surface area contributed by atoms with E-state index in [-0.39, 0.29) is 6.61 Å². The fraction of sp³-hybridized carbons (Fsp3) is 0.778. The van der Waals surface area contributed by atoms with Gasteiger partial charge in [-0.2, -0.15) is 0 Å². The van der Waals surface area contributed by atoms with Crippen molar-refractivity contribution >= 4 is 0 Å². The molecule has 2 N–H and O–H groups in total. The maximum atomic E-state index is 9.56. The van der Waals surface area contributed by atoms with E-state index in [1.807, 2.05) is 19.9 Å². The molecule has 0 spiro atoms. The van der Waals surface area contributed by atoms with Crippen LogP contribution in [-0.4, -0.2) is 22.4 Å². The first-order valence-corrected chi connectivity index (χ1v) is 3.94. The predicted octanol–water partition coefficient (Wildman–Crippen LogP) is 1.48. The number of rotatable bonds is 4. The quantitative estimate of drug-likeness (QED) is 0.608. The third kappa shape index (κ3) is 6.07. The molecular weight excluding hydrogens is 140 g/mol. The van der Waals surface area contributed by atoms with Gasteiger partial charge in [0.05, 0.1) is 5.60 Å². The van der Waals surface area contributed by atoms with Crippen LogP contribution in [0.3, 0.4) is 0 Å². The van der Waals surface area contributed by atoms with E-state index in [1.165, 1.54) is 5.57 Å². The minimum Gasteiger partial charge on any atom is -0.396 e. The smallest absolute Gasteiger partial charge is 0.0675 e. The maximum Gasteiger partial charge on any atom is 0.0675 e. The lowest BCUT2D eigenvalue weighted by Gasteiger charge is -2.20. The van der Waals surface area contributed by atoms with Crippen LogP contribution >= 0.6 is 0 Å². The van der Waals surface area contributed by atoms with Crippen molar-refractivity contribution in [3.05, 3.63) is 11.6 Å². The first kappa shape index (κ1) is 10.7. The lowest BCUT2D eigenvalue weighted by atomic mass is 9.97. The lowest BCUT2D eigenvalue weighted by molar-refractivity contribution is 0.0361. The van der Waals surface area contributed by atoms with Crippen LogP contribution in [0.25, 0.3) is 0 Å². The van der Waals surface area contributed by atoms with E-state index >= 15 is 0 Å². The van der Waals surface area contributed by atoms with Crippen molar-refractivity contribution < 1.29 is 10.2 Å². The van der Waals surface area contributed by atoms with Crippen LogP contribution in [0.4, 0.5) is 0 Å². The Balaban J connectivity index is 3.81. The molecule has 0 saturated heterocycles. The summed E-state index contributed by atoms with van der Waals surface area (Å²) in [7, 11) is 0. The van der Waals surface area contributed by atoms with Gasteiger partial charge in [-0.25, -0.2) is 0 Å². The SMILES string of the molecule is CC(C)=CC[C@@](C)(O)CCO. The molecule has 0 aromatic carbocycles. The molecule has 0 rings (SSSR count). The van der Waals surface area contributed by atoms with E-state index in [9.17, 15) is 5.11 Å². The summed E-state index contributed by atoms with van der Waals surface area (Å²) in [6.07, 6.45) is 3.04. The summed E-state index contributed by atoms with van der Waals surface area (Å²) in [4.78, 5) is 0. The van der Waals surface area contributed by atoms with Gasteiger partial charge in [0.15, 0.2) is 0 Å². The van der Waals surface area contributed by atoms with Crippen LogP contribution in [-0.2, 0) is 0 Å². The second-order valence-electron chi connectivity index (χ2n) is 3.46. The molecule has 2 nitrogen and oxygen atoms in total. The zero-order valence-corrected chi connectivity index (χ0v) is 7.59. The summed E-state index contributed by atoms with van der Waals surface area (Å²) < 4.78 is 0. The topological polar surface area (TPSA) is 40.5 Å². The molecule has 0 unspecified atom stereocenters. The Bertz CT molecular complexity index is 132. The maximum absolute atomic E-state index is 9.56. The normalized spacial score (nSPS) is 15.7. The Kier molecular flexibility index (Phi) is 4.38. The van der Waals surface area contributed by atoms with Gasteiger partial charge in [-0.1, -0.05) is 11.6 Å². The van der Waals surface area contributed by atoms with Crippen molar-refractivity contribution in [1.29, 1.82) is 0 Å². The fourth-order valence-electron chi connectivity index (χ4n) is 0.767. The van der Waals surface area contributed by atoms with Crippen LogP contribution in [0.5, 0.6) is 0 Å². The van der Waals surface area contributed by atoms with E-state index in [4.69, 9.17) is 5.11 Å². The summed E-state index contributed by atoms with van der Waals surface area (Å²) >= 11 is 0. The minimum absolute atomic E-state index is 0.0452. The molecule has 0 saturated carbocycles.